The maximum Gasteiger partial charge on any atom is 0.274 e. The zero-order chi connectivity index (χ0) is 19.4. The van der Waals surface area contributed by atoms with Crippen LogP contribution in [-0.4, -0.2) is 66.0 Å². The number of hydrogen-bond acceptors (Lipinski definition) is 8. The number of piperazine rings is 1. The number of rotatable bonds is 5. The Hall–Kier alpha value is -3.27. The molecule has 1 aliphatic heterocycles. The van der Waals surface area contributed by atoms with Crippen LogP contribution in [0.1, 0.15) is 10.5 Å². The van der Waals surface area contributed by atoms with Gasteiger partial charge in [-0.15, -0.1) is 0 Å². The van der Waals surface area contributed by atoms with Crippen LogP contribution in [0.5, 0.6) is 5.75 Å². The highest BCUT2D eigenvalue weighted by Crippen LogP contribution is 2.29. The van der Waals surface area contributed by atoms with Crippen molar-refractivity contribution in [3.05, 3.63) is 46.4 Å². The van der Waals surface area contributed by atoms with Crippen molar-refractivity contribution in [3.8, 4) is 5.75 Å². The fraction of sp³-hybridized carbons (Fsp3) is 0.353. The van der Waals surface area contributed by atoms with Gasteiger partial charge >= 0.3 is 0 Å². The van der Waals surface area contributed by atoms with Crippen LogP contribution in [0.3, 0.4) is 0 Å². The Balaban J connectivity index is 1.80. The van der Waals surface area contributed by atoms with Gasteiger partial charge in [-0.1, -0.05) is 0 Å². The third-order valence-corrected chi connectivity index (χ3v) is 4.35. The van der Waals surface area contributed by atoms with E-state index in [4.69, 9.17) is 4.74 Å². The van der Waals surface area contributed by atoms with Crippen LogP contribution < -0.4 is 15.0 Å². The molecule has 1 aliphatic rings. The number of anilines is 2. The van der Waals surface area contributed by atoms with Gasteiger partial charge in [0.1, 0.15) is 23.6 Å². The van der Waals surface area contributed by atoms with Gasteiger partial charge in [-0.3, -0.25) is 14.9 Å². The van der Waals surface area contributed by atoms with E-state index in [1.165, 1.54) is 31.6 Å². The Labute approximate surface area is 155 Å². The van der Waals surface area contributed by atoms with E-state index in [2.05, 4.69) is 32.1 Å². The molecule has 2 heterocycles. The number of methoxy groups -OCH3 is 1. The summed E-state index contributed by atoms with van der Waals surface area (Å²) in [7, 11) is 3.48. The standard InChI is InChI=1S/C17H20N6O4/c1-21-5-7-22(8-6-21)16-10-14(18-11-19-16)17(24)20-13-9-12(23(25)26)3-4-15(13)27-2/h3-4,9-11H,5-8H2,1-2H3,(H,20,24). The van der Waals surface area contributed by atoms with E-state index in [9.17, 15) is 14.9 Å². The molecule has 2 aromatic rings. The molecule has 0 atom stereocenters. The van der Waals surface area contributed by atoms with Gasteiger partial charge in [0, 0.05) is 44.4 Å². The summed E-state index contributed by atoms with van der Waals surface area (Å²) in [4.78, 5) is 35.6. The molecule has 1 saturated heterocycles. The highest BCUT2D eigenvalue weighted by atomic mass is 16.6. The van der Waals surface area contributed by atoms with Crippen molar-refractivity contribution in [1.29, 1.82) is 0 Å². The van der Waals surface area contributed by atoms with Gasteiger partial charge in [0.2, 0.25) is 0 Å². The summed E-state index contributed by atoms with van der Waals surface area (Å²) < 4.78 is 5.16. The van der Waals surface area contributed by atoms with E-state index < -0.39 is 10.8 Å². The Morgan fingerprint density at radius 2 is 1.96 bits per heavy atom. The minimum absolute atomic E-state index is 0.146. The van der Waals surface area contributed by atoms with Crippen LogP contribution in [0.15, 0.2) is 30.6 Å². The fourth-order valence-corrected chi connectivity index (χ4v) is 2.77. The maximum absolute atomic E-state index is 12.6. The highest BCUT2D eigenvalue weighted by molar-refractivity contribution is 6.04. The molecule has 142 valence electrons. The first-order chi connectivity index (χ1) is 13.0. The summed E-state index contributed by atoms with van der Waals surface area (Å²) in [6.45, 7) is 3.45. The number of benzene rings is 1. The van der Waals surface area contributed by atoms with Crippen LogP contribution in [0, 0.1) is 10.1 Å². The molecule has 10 nitrogen and oxygen atoms in total. The molecule has 0 saturated carbocycles. The van der Waals surface area contributed by atoms with E-state index in [0.717, 1.165) is 26.2 Å². The number of likely N-dealkylation sites (N-methyl/N-ethyl adjacent to an activating group) is 1. The first-order valence-electron chi connectivity index (χ1n) is 8.37. The number of carbonyl (C=O) groups excluding carboxylic acids is 1. The number of hydrogen-bond donors (Lipinski definition) is 1. The lowest BCUT2D eigenvalue weighted by atomic mass is 10.2. The lowest BCUT2D eigenvalue weighted by Gasteiger charge is -2.33. The molecular weight excluding hydrogens is 352 g/mol. The number of ether oxygens (including phenoxy) is 1. The predicted octanol–water partition coefficient (Wildman–Crippen LogP) is 1.40. The molecule has 1 fully saturated rings. The summed E-state index contributed by atoms with van der Waals surface area (Å²) in [5.41, 5.74) is 0.232. The molecule has 1 N–H and O–H groups in total. The SMILES string of the molecule is COc1ccc([N+](=O)[O-])cc1NC(=O)c1cc(N2CCN(C)CC2)ncn1. The second kappa shape index (κ2) is 7.96. The number of nitro benzene ring substituents is 1. The predicted molar refractivity (Wildman–Crippen MR) is 99.3 cm³/mol. The molecule has 1 amide bonds. The minimum atomic E-state index is -0.536. The largest absolute Gasteiger partial charge is 0.495 e. The monoisotopic (exact) mass is 372 g/mol. The number of nitro groups is 1. The summed E-state index contributed by atoms with van der Waals surface area (Å²) in [6.07, 6.45) is 1.34. The van der Waals surface area contributed by atoms with Crippen molar-refractivity contribution in [3.63, 3.8) is 0 Å². The second-order valence-corrected chi connectivity index (χ2v) is 6.15. The van der Waals surface area contributed by atoms with Crippen LogP contribution in [-0.2, 0) is 0 Å². The molecule has 0 radical (unpaired) electrons. The van der Waals surface area contributed by atoms with Gasteiger partial charge < -0.3 is 19.9 Å². The van der Waals surface area contributed by atoms with Crippen molar-refractivity contribution >= 4 is 23.1 Å². The fourth-order valence-electron chi connectivity index (χ4n) is 2.77. The smallest absolute Gasteiger partial charge is 0.274 e. The molecule has 1 aromatic heterocycles. The van der Waals surface area contributed by atoms with E-state index in [1.54, 1.807) is 6.07 Å². The summed E-state index contributed by atoms with van der Waals surface area (Å²) in [5.74, 6) is 0.503. The van der Waals surface area contributed by atoms with Gasteiger partial charge in [0.15, 0.2) is 0 Å². The van der Waals surface area contributed by atoms with Crippen LogP contribution in [0.4, 0.5) is 17.2 Å². The first kappa shape index (κ1) is 18.5. The Morgan fingerprint density at radius 3 is 2.63 bits per heavy atom. The third-order valence-electron chi connectivity index (χ3n) is 4.35. The number of aromatic nitrogens is 2. The second-order valence-electron chi connectivity index (χ2n) is 6.15. The zero-order valence-electron chi connectivity index (χ0n) is 15.1. The summed E-state index contributed by atoms with van der Waals surface area (Å²) in [6, 6.07) is 5.61. The van der Waals surface area contributed by atoms with E-state index in [-0.39, 0.29) is 17.1 Å². The van der Waals surface area contributed by atoms with Gasteiger partial charge in [0.25, 0.3) is 11.6 Å². The van der Waals surface area contributed by atoms with Crippen molar-refractivity contribution in [2.45, 2.75) is 0 Å². The average molecular weight is 372 g/mol. The lowest BCUT2D eigenvalue weighted by molar-refractivity contribution is -0.384. The van der Waals surface area contributed by atoms with Crippen LogP contribution in [0.25, 0.3) is 0 Å². The molecule has 10 heteroatoms. The summed E-state index contributed by atoms with van der Waals surface area (Å²) >= 11 is 0. The number of non-ortho nitro benzene ring substituents is 1. The molecule has 3 rings (SSSR count). The van der Waals surface area contributed by atoms with Crippen molar-refractivity contribution < 1.29 is 14.5 Å². The third kappa shape index (κ3) is 4.29. The molecule has 1 aromatic carbocycles. The van der Waals surface area contributed by atoms with Crippen molar-refractivity contribution in [2.75, 3.05) is 50.6 Å². The quantitative estimate of drug-likeness (QED) is 0.619. The number of nitrogens with zero attached hydrogens (tertiary/aromatic N) is 5. The lowest BCUT2D eigenvalue weighted by Crippen LogP contribution is -2.44. The van der Waals surface area contributed by atoms with Gasteiger partial charge in [-0.25, -0.2) is 9.97 Å². The van der Waals surface area contributed by atoms with E-state index in [1.807, 2.05) is 0 Å². The van der Waals surface area contributed by atoms with Gasteiger partial charge in [0.05, 0.1) is 17.7 Å². The molecule has 0 spiro atoms. The highest BCUT2D eigenvalue weighted by Gasteiger charge is 2.19. The normalized spacial score (nSPS) is 14.7. The topological polar surface area (TPSA) is 114 Å². The van der Waals surface area contributed by atoms with Crippen molar-refractivity contribution in [1.82, 2.24) is 14.9 Å². The number of carbonyl (C=O) groups is 1. The molecular formula is C17H20N6O4. The van der Waals surface area contributed by atoms with Crippen molar-refractivity contribution in [2.24, 2.45) is 0 Å². The summed E-state index contributed by atoms with van der Waals surface area (Å²) in [5, 5.41) is 13.6. The number of nitrogens with one attached hydrogen (secondary N) is 1. The molecule has 27 heavy (non-hydrogen) atoms. The first-order valence-corrected chi connectivity index (χ1v) is 8.37. The minimum Gasteiger partial charge on any atom is -0.495 e. The van der Waals surface area contributed by atoms with E-state index >= 15 is 0 Å². The Kier molecular flexibility index (Phi) is 5.46. The van der Waals surface area contributed by atoms with Crippen LogP contribution in [0.2, 0.25) is 0 Å². The number of amides is 1. The maximum atomic E-state index is 12.6. The van der Waals surface area contributed by atoms with Crippen LogP contribution >= 0.6 is 0 Å². The van der Waals surface area contributed by atoms with Gasteiger partial charge in [-0.05, 0) is 13.1 Å². The Bertz CT molecular complexity index is 851. The zero-order valence-corrected chi connectivity index (χ0v) is 15.1. The van der Waals surface area contributed by atoms with Gasteiger partial charge in [-0.2, -0.15) is 0 Å². The molecule has 0 aliphatic carbocycles. The molecule has 0 unspecified atom stereocenters. The average Bonchev–Trinajstić information content (AvgIpc) is 2.68. The Morgan fingerprint density at radius 1 is 1.22 bits per heavy atom. The molecule has 0 bridgehead atoms. The van der Waals surface area contributed by atoms with E-state index in [0.29, 0.717) is 11.6 Å².